The molecule has 1 aromatic heterocycles. The van der Waals surface area contributed by atoms with Gasteiger partial charge in [0.1, 0.15) is 5.76 Å². The second-order valence-electron chi connectivity index (χ2n) is 7.59. The van der Waals surface area contributed by atoms with Gasteiger partial charge in [-0.2, -0.15) is 0 Å². The lowest BCUT2D eigenvalue weighted by molar-refractivity contribution is -0.154. The van der Waals surface area contributed by atoms with Crippen LogP contribution in [0.15, 0.2) is 40.9 Å². The molecule has 0 aliphatic heterocycles. The molecule has 4 atom stereocenters. The standard InChI is InChI=1S/C21H22N2O5/c1-12-9-16(23-28-12)22-17(24)11-27-21(26)19-15-8-7-14(10-15)18(19)20(25)13-5-3-2-4-6-13/h2-6,9,14-15,18-19H,7-8,10-11H2,1H3,(H,22,23,24)/t14-,15+,18-,19-/m0/s1. The number of benzene rings is 1. The van der Waals surface area contributed by atoms with Crippen LogP contribution in [-0.4, -0.2) is 29.4 Å². The summed E-state index contributed by atoms with van der Waals surface area (Å²) in [6.07, 6.45) is 2.75. The van der Waals surface area contributed by atoms with Gasteiger partial charge in [0.05, 0.1) is 5.92 Å². The number of Topliss-reactive ketones (excluding diaryl/α,β-unsaturated/α-hetero) is 1. The lowest BCUT2D eigenvalue weighted by atomic mass is 9.75. The SMILES string of the molecule is Cc1cc(NC(=O)COC(=O)[C@H]2[C@@H]3CC[C@@H](C3)[C@@H]2C(=O)c2ccccc2)no1. The van der Waals surface area contributed by atoms with Crippen LogP contribution in [0.3, 0.4) is 0 Å². The minimum atomic E-state index is -0.490. The normalized spacial score (nSPS) is 25.5. The largest absolute Gasteiger partial charge is 0.455 e. The number of rotatable bonds is 6. The monoisotopic (exact) mass is 382 g/mol. The van der Waals surface area contributed by atoms with E-state index in [1.165, 1.54) is 0 Å². The van der Waals surface area contributed by atoms with Crippen molar-refractivity contribution in [2.45, 2.75) is 26.2 Å². The van der Waals surface area contributed by atoms with Gasteiger partial charge in [-0.3, -0.25) is 14.4 Å². The number of esters is 1. The summed E-state index contributed by atoms with van der Waals surface area (Å²) in [4.78, 5) is 37.8. The number of anilines is 1. The first kappa shape index (κ1) is 18.4. The maximum Gasteiger partial charge on any atom is 0.310 e. The number of ketones is 1. The Balaban J connectivity index is 1.40. The predicted molar refractivity (Wildman–Crippen MR) is 99.4 cm³/mol. The third-order valence-corrected chi connectivity index (χ3v) is 5.79. The van der Waals surface area contributed by atoms with Crippen LogP contribution in [0.5, 0.6) is 0 Å². The Morgan fingerprint density at radius 1 is 1.14 bits per heavy atom. The molecule has 2 bridgehead atoms. The van der Waals surface area contributed by atoms with Gasteiger partial charge in [-0.15, -0.1) is 0 Å². The molecular formula is C21H22N2O5. The molecule has 2 aromatic rings. The maximum atomic E-state index is 13.0. The van der Waals surface area contributed by atoms with Crippen molar-refractivity contribution in [3.63, 3.8) is 0 Å². The van der Waals surface area contributed by atoms with Gasteiger partial charge in [0.15, 0.2) is 18.2 Å². The molecule has 1 N–H and O–H groups in total. The first-order valence-corrected chi connectivity index (χ1v) is 9.52. The molecular weight excluding hydrogens is 360 g/mol. The molecule has 0 spiro atoms. The van der Waals surface area contributed by atoms with Crippen LogP contribution in [-0.2, 0) is 14.3 Å². The molecule has 4 rings (SSSR count). The number of amides is 1. The van der Waals surface area contributed by atoms with E-state index < -0.39 is 24.4 Å². The van der Waals surface area contributed by atoms with Gasteiger partial charge in [-0.25, -0.2) is 0 Å². The Morgan fingerprint density at radius 2 is 1.86 bits per heavy atom. The van der Waals surface area contributed by atoms with Crippen molar-refractivity contribution in [1.29, 1.82) is 0 Å². The average molecular weight is 382 g/mol. The van der Waals surface area contributed by atoms with E-state index in [9.17, 15) is 14.4 Å². The number of carbonyl (C=O) groups is 3. The van der Waals surface area contributed by atoms with E-state index in [0.29, 0.717) is 11.3 Å². The molecule has 28 heavy (non-hydrogen) atoms. The van der Waals surface area contributed by atoms with Crippen LogP contribution in [0, 0.1) is 30.6 Å². The highest BCUT2D eigenvalue weighted by Gasteiger charge is 2.54. The number of hydrogen-bond acceptors (Lipinski definition) is 6. The molecule has 2 aliphatic carbocycles. The quantitative estimate of drug-likeness (QED) is 0.609. The number of aryl methyl sites for hydroxylation is 1. The van der Waals surface area contributed by atoms with E-state index in [2.05, 4.69) is 10.5 Å². The molecule has 2 saturated carbocycles. The zero-order valence-electron chi connectivity index (χ0n) is 15.6. The summed E-state index contributed by atoms with van der Waals surface area (Å²) in [6.45, 7) is 1.30. The number of hydrogen-bond donors (Lipinski definition) is 1. The fourth-order valence-electron chi connectivity index (χ4n) is 4.64. The van der Waals surface area contributed by atoms with Crippen LogP contribution in [0.1, 0.15) is 35.4 Å². The Labute approximate surface area is 162 Å². The molecule has 7 heteroatoms. The summed E-state index contributed by atoms with van der Waals surface area (Å²) in [7, 11) is 0. The van der Waals surface area contributed by atoms with Crippen molar-refractivity contribution in [1.82, 2.24) is 5.16 Å². The number of aromatic nitrogens is 1. The zero-order chi connectivity index (χ0) is 19.7. The predicted octanol–water partition coefficient (Wildman–Crippen LogP) is 3.01. The van der Waals surface area contributed by atoms with Gasteiger partial charge >= 0.3 is 5.97 Å². The molecule has 7 nitrogen and oxygen atoms in total. The van der Waals surface area contributed by atoms with Crippen LogP contribution in [0.2, 0.25) is 0 Å². The van der Waals surface area contributed by atoms with Crippen LogP contribution < -0.4 is 5.32 Å². The first-order valence-electron chi connectivity index (χ1n) is 9.52. The zero-order valence-corrected chi connectivity index (χ0v) is 15.6. The van der Waals surface area contributed by atoms with Crippen molar-refractivity contribution >= 4 is 23.5 Å². The highest BCUT2D eigenvalue weighted by atomic mass is 16.5. The van der Waals surface area contributed by atoms with Crippen molar-refractivity contribution in [2.75, 3.05) is 11.9 Å². The molecule has 0 radical (unpaired) electrons. The van der Waals surface area contributed by atoms with Crippen molar-refractivity contribution < 1.29 is 23.6 Å². The summed E-state index contributed by atoms with van der Waals surface area (Å²) in [6, 6.07) is 10.6. The van der Waals surface area contributed by atoms with Gasteiger partial charge in [0, 0.05) is 17.5 Å². The van der Waals surface area contributed by atoms with E-state index >= 15 is 0 Å². The number of nitrogens with zero attached hydrogens (tertiary/aromatic N) is 1. The smallest absolute Gasteiger partial charge is 0.310 e. The summed E-state index contributed by atoms with van der Waals surface area (Å²) in [5, 5.41) is 6.18. The van der Waals surface area contributed by atoms with Crippen molar-refractivity contribution in [3.05, 3.63) is 47.7 Å². The van der Waals surface area contributed by atoms with Gasteiger partial charge in [0.25, 0.3) is 5.91 Å². The fraction of sp³-hybridized carbons (Fsp3) is 0.429. The third-order valence-electron chi connectivity index (χ3n) is 5.79. The minimum Gasteiger partial charge on any atom is -0.455 e. The van der Waals surface area contributed by atoms with Gasteiger partial charge < -0.3 is 14.6 Å². The van der Waals surface area contributed by atoms with Crippen LogP contribution in [0.25, 0.3) is 0 Å². The van der Waals surface area contributed by atoms with Gasteiger partial charge in [0.2, 0.25) is 0 Å². The Kier molecular flexibility index (Phi) is 4.98. The van der Waals surface area contributed by atoms with E-state index in [-0.39, 0.29) is 29.4 Å². The summed E-state index contributed by atoms with van der Waals surface area (Å²) in [5.41, 5.74) is 0.622. The fourth-order valence-corrected chi connectivity index (χ4v) is 4.64. The minimum absolute atomic E-state index is 0.00252. The molecule has 1 heterocycles. The van der Waals surface area contributed by atoms with E-state index in [4.69, 9.17) is 9.26 Å². The number of ether oxygens (including phenoxy) is 1. The van der Waals surface area contributed by atoms with E-state index in [0.717, 1.165) is 19.3 Å². The second kappa shape index (κ2) is 7.58. The lowest BCUT2D eigenvalue weighted by Gasteiger charge is -2.28. The summed E-state index contributed by atoms with van der Waals surface area (Å²) in [5.74, 6) is -0.602. The maximum absolute atomic E-state index is 13.0. The van der Waals surface area contributed by atoms with Gasteiger partial charge in [-0.05, 0) is 38.0 Å². The molecule has 2 aliphatic rings. The Morgan fingerprint density at radius 3 is 2.54 bits per heavy atom. The van der Waals surface area contributed by atoms with Crippen molar-refractivity contribution in [2.24, 2.45) is 23.7 Å². The van der Waals surface area contributed by atoms with Gasteiger partial charge in [-0.1, -0.05) is 35.5 Å². The van der Waals surface area contributed by atoms with E-state index in [1.807, 2.05) is 18.2 Å². The number of carbonyl (C=O) groups excluding carboxylic acids is 3. The summed E-state index contributed by atoms with van der Waals surface area (Å²) >= 11 is 0. The Bertz CT molecular complexity index is 891. The number of fused-ring (bicyclic) bond motifs is 2. The Hall–Kier alpha value is -2.96. The molecule has 0 unspecified atom stereocenters. The molecule has 1 aromatic carbocycles. The molecule has 2 fully saturated rings. The highest BCUT2D eigenvalue weighted by Crippen LogP contribution is 2.53. The topological polar surface area (TPSA) is 98.5 Å². The first-order chi connectivity index (χ1) is 13.5. The lowest BCUT2D eigenvalue weighted by Crippen LogP contribution is -2.37. The number of nitrogens with one attached hydrogen (secondary N) is 1. The summed E-state index contributed by atoms with van der Waals surface area (Å²) < 4.78 is 10.2. The average Bonchev–Trinajstić information content (AvgIpc) is 3.42. The van der Waals surface area contributed by atoms with Crippen molar-refractivity contribution in [3.8, 4) is 0 Å². The molecule has 0 saturated heterocycles. The molecule has 1 amide bonds. The van der Waals surface area contributed by atoms with E-state index in [1.54, 1.807) is 25.1 Å². The highest BCUT2D eigenvalue weighted by molar-refractivity contribution is 6.01. The second-order valence-corrected chi connectivity index (χ2v) is 7.59. The van der Waals surface area contributed by atoms with Crippen LogP contribution in [0.4, 0.5) is 5.82 Å². The van der Waals surface area contributed by atoms with Crippen LogP contribution >= 0.6 is 0 Å². The third kappa shape index (κ3) is 3.56. The molecule has 146 valence electrons.